The molecular formula is C17H11NS2. The summed E-state index contributed by atoms with van der Waals surface area (Å²) in [5.41, 5.74) is 2.14. The fourth-order valence-corrected chi connectivity index (χ4v) is 3.76. The van der Waals surface area contributed by atoms with Gasteiger partial charge in [-0.2, -0.15) is 0 Å². The van der Waals surface area contributed by atoms with E-state index in [-0.39, 0.29) is 0 Å². The van der Waals surface area contributed by atoms with Crippen LogP contribution in [0, 0.1) is 0 Å². The van der Waals surface area contributed by atoms with Gasteiger partial charge in [0.25, 0.3) is 0 Å². The van der Waals surface area contributed by atoms with Crippen LogP contribution in [0.25, 0.3) is 31.9 Å². The molecule has 0 saturated carbocycles. The van der Waals surface area contributed by atoms with Crippen molar-refractivity contribution in [1.29, 1.82) is 0 Å². The number of fused-ring (bicyclic) bond motifs is 1. The van der Waals surface area contributed by atoms with Gasteiger partial charge in [0, 0.05) is 5.39 Å². The molecule has 1 aromatic carbocycles. The molecule has 0 atom stereocenters. The van der Waals surface area contributed by atoms with Crippen molar-refractivity contribution in [3.8, 4) is 21.1 Å². The summed E-state index contributed by atoms with van der Waals surface area (Å²) < 4.78 is 0. The van der Waals surface area contributed by atoms with Crippen LogP contribution in [0.15, 0.2) is 65.4 Å². The Kier molecular flexibility index (Phi) is 2.87. The van der Waals surface area contributed by atoms with Gasteiger partial charge in [-0.1, -0.05) is 36.4 Å². The van der Waals surface area contributed by atoms with Crippen LogP contribution >= 0.6 is 22.7 Å². The zero-order chi connectivity index (χ0) is 13.4. The van der Waals surface area contributed by atoms with Gasteiger partial charge in [0.15, 0.2) is 0 Å². The molecular weight excluding hydrogens is 282 g/mol. The third-order valence-corrected chi connectivity index (χ3v) is 5.04. The minimum atomic E-state index is 1.06. The monoisotopic (exact) mass is 293 g/mol. The number of nitrogens with zero attached hydrogens (tertiary/aromatic N) is 1. The SMILES string of the molecule is c1csc(-c2cc3ccccc3c(-c3cccs3)n2)c1. The van der Waals surface area contributed by atoms with Crippen LogP contribution in [0.5, 0.6) is 0 Å². The first-order valence-electron chi connectivity index (χ1n) is 6.39. The molecule has 3 heteroatoms. The number of rotatable bonds is 2. The molecule has 0 aliphatic carbocycles. The molecule has 0 fully saturated rings. The zero-order valence-corrected chi connectivity index (χ0v) is 12.2. The smallest absolute Gasteiger partial charge is 0.0887 e. The molecule has 0 aliphatic rings. The molecule has 0 saturated heterocycles. The van der Waals surface area contributed by atoms with Gasteiger partial charge in [0.1, 0.15) is 0 Å². The van der Waals surface area contributed by atoms with Gasteiger partial charge >= 0.3 is 0 Å². The molecule has 3 aromatic heterocycles. The van der Waals surface area contributed by atoms with Crippen LogP contribution in [0.4, 0.5) is 0 Å². The average Bonchev–Trinajstić information content (AvgIpc) is 3.19. The molecule has 96 valence electrons. The molecule has 0 amide bonds. The Morgan fingerprint density at radius 3 is 2.25 bits per heavy atom. The van der Waals surface area contributed by atoms with Crippen molar-refractivity contribution in [2.45, 2.75) is 0 Å². The highest BCUT2D eigenvalue weighted by molar-refractivity contribution is 7.14. The number of hydrogen-bond donors (Lipinski definition) is 0. The molecule has 0 radical (unpaired) electrons. The average molecular weight is 293 g/mol. The van der Waals surface area contributed by atoms with Crippen LogP contribution in [0.2, 0.25) is 0 Å². The molecule has 4 aromatic rings. The Morgan fingerprint density at radius 1 is 0.750 bits per heavy atom. The third-order valence-electron chi connectivity index (χ3n) is 3.27. The lowest BCUT2D eigenvalue weighted by atomic mass is 10.1. The van der Waals surface area contributed by atoms with E-state index in [9.17, 15) is 0 Å². The Balaban J connectivity index is 2.05. The van der Waals surface area contributed by atoms with E-state index >= 15 is 0 Å². The molecule has 0 unspecified atom stereocenters. The molecule has 0 aliphatic heterocycles. The van der Waals surface area contributed by atoms with E-state index in [4.69, 9.17) is 4.98 Å². The number of benzene rings is 1. The summed E-state index contributed by atoms with van der Waals surface area (Å²) in [7, 11) is 0. The number of thiophene rings is 2. The highest BCUT2D eigenvalue weighted by atomic mass is 32.1. The van der Waals surface area contributed by atoms with Gasteiger partial charge in [-0.15, -0.1) is 22.7 Å². The second-order valence-corrected chi connectivity index (χ2v) is 6.43. The summed E-state index contributed by atoms with van der Waals surface area (Å²) in [4.78, 5) is 7.34. The van der Waals surface area contributed by atoms with E-state index in [0.29, 0.717) is 0 Å². The van der Waals surface area contributed by atoms with Crippen LogP contribution in [0.3, 0.4) is 0 Å². The van der Waals surface area contributed by atoms with E-state index in [1.165, 1.54) is 20.5 Å². The second kappa shape index (κ2) is 4.85. The lowest BCUT2D eigenvalue weighted by molar-refractivity contribution is 1.38. The second-order valence-electron chi connectivity index (χ2n) is 4.53. The first-order chi connectivity index (χ1) is 9.92. The van der Waals surface area contributed by atoms with Crippen molar-refractivity contribution in [3.63, 3.8) is 0 Å². The highest BCUT2D eigenvalue weighted by Gasteiger charge is 2.10. The molecule has 4 rings (SSSR count). The highest BCUT2D eigenvalue weighted by Crippen LogP contribution is 2.34. The maximum atomic E-state index is 4.91. The van der Waals surface area contributed by atoms with E-state index in [1.54, 1.807) is 22.7 Å². The van der Waals surface area contributed by atoms with Crippen molar-refractivity contribution in [2.24, 2.45) is 0 Å². The van der Waals surface area contributed by atoms with E-state index in [2.05, 4.69) is 65.4 Å². The Morgan fingerprint density at radius 2 is 1.50 bits per heavy atom. The van der Waals surface area contributed by atoms with E-state index < -0.39 is 0 Å². The van der Waals surface area contributed by atoms with Crippen LogP contribution in [0.1, 0.15) is 0 Å². The summed E-state index contributed by atoms with van der Waals surface area (Å²) in [5.74, 6) is 0. The summed E-state index contributed by atoms with van der Waals surface area (Å²) in [6, 6.07) is 19.1. The minimum absolute atomic E-state index is 1.06. The lowest BCUT2D eigenvalue weighted by Gasteiger charge is -2.07. The maximum absolute atomic E-state index is 4.91. The largest absolute Gasteiger partial charge is 0.245 e. The lowest BCUT2D eigenvalue weighted by Crippen LogP contribution is -1.87. The van der Waals surface area contributed by atoms with E-state index in [1.807, 2.05) is 0 Å². The Labute approximate surface area is 125 Å². The van der Waals surface area contributed by atoms with Gasteiger partial charge in [-0.05, 0) is 34.3 Å². The number of hydrogen-bond acceptors (Lipinski definition) is 3. The maximum Gasteiger partial charge on any atom is 0.0887 e. The fraction of sp³-hybridized carbons (Fsp3) is 0. The van der Waals surface area contributed by atoms with Crippen LogP contribution < -0.4 is 0 Å². The first kappa shape index (κ1) is 11.8. The first-order valence-corrected chi connectivity index (χ1v) is 8.15. The molecule has 0 N–H and O–H groups in total. The molecule has 3 heterocycles. The van der Waals surface area contributed by atoms with Gasteiger partial charge < -0.3 is 0 Å². The minimum Gasteiger partial charge on any atom is -0.245 e. The summed E-state index contributed by atoms with van der Waals surface area (Å²) in [5, 5.41) is 6.66. The van der Waals surface area contributed by atoms with Crippen molar-refractivity contribution in [3.05, 3.63) is 65.4 Å². The van der Waals surface area contributed by atoms with Crippen LogP contribution in [-0.4, -0.2) is 4.98 Å². The van der Waals surface area contributed by atoms with Gasteiger partial charge in [-0.3, -0.25) is 0 Å². The summed E-state index contributed by atoms with van der Waals surface area (Å²) >= 11 is 3.47. The summed E-state index contributed by atoms with van der Waals surface area (Å²) in [6.45, 7) is 0. The normalized spacial score (nSPS) is 11.0. The number of pyridine rings is 1. The Hall–Kier alpha value is -1.97. The molecule has 1 nitrogen and oxygen atoms in total. The van der Waals surface area contributed by atoms with Crippen molar-refractivity contribution >= 4 is 33.4 Å². The standard InChI is InChI=1S/C17H11NS2/c1-2-6-13-12(5-1)11-14(15-7-3-9-19-15)18-17(13)16-8-4-10-20-16/h1-11H. The van der Waals surface area contributed by atoms with Crippen molar-refractivity contribution in [2.75, 3.05) is 0 Å². The predicted octanol–water partition coefficient (Wildman–Crippen LogP) is 5.69. The van der Waals surface area contributed by atoms with Crippen LogP contribution in [-0.2, 0) is 0 Å². The van der Waals surface area contributed by atoms with Gasteiger partial charge in [-0.25, -0.2) is 4.98 Å². The third kappa shape index (κ3) is 1.96. The molecule has 0 spiro atoms. The summed E-state index contributed by atoms with van der Waals surface area (Å²) in [6.07, 6.45) is 0. The quantitative estimate of drug-likeness (QED) is 0.462. The van der Waals surface area contributed by atoms with E-state index in [0.717, 1.165) is 11.4 Å². The van der Waals surface area contributed by atoms with Crippen molar-refractivity contribution < 1.29 is 0 Å². The topological polar surface area (TPSA) is 12.9 Å². The Bertz CT molecular complexity index is 846. The van der Waals surface area contributed by atoms with Gasteiger partial charge in [0.05, 0.1) is 21.1 Å². The molecule has 0 bridgehead atoms. The zero-order valence-electron chi connectivity index (χ0n) is 10.6. The van der Waals surface area contributed by atoms with Crippen molar-refractivity contribution in [1.82, 2.24) is 4.98 Å². The fourth-order valence-electron chi connectivity index (χ4n) is 2.35. The molecule has 20 heavy (non-hydrogen) atoms. The predicted molar refractivity (Wildman–Crippen MR) is 88.4 cm³/mol. The van der Waals surface area contributed by atoms with Gasteiger partial charge in [0.2, 0.25) is 0 Å². The number of aromatic nitrogens is 1.